The van der Waals surface area contributed by atoms with Crippen LogP contribution in [0, 0.1) is 6.20 Å². The van der Waals surface area contributed by atoms with Crippen molar-refractivity contribution in [3.63, 3.8) is 0 Å². The van der Waals surface area contributed by atoms with E-state index in [1.54, 1.807) is 24.6 Å². The maximum atomic E-state index is 9.94. The lowest BCUT2D eigenvalue weighted by molar-refractivity contribution is 0.0711. The summed E-state index contributed by atoms with van der Waals surface area (Å²) in [5, 5.41) is 14.0. The molecule has 2 rings (SSSR count). The molecule has 0 bridgehead atoms. The molecule has 15 heavy (non-hydrogen) atoms. The second-order valence-corrected chi connectivity index (χ2v) is 3.97. The van der Waals surface area contributed by atoms with Crippen molar-refractivity contribution in [3.8, 4) is 5.69 Å². The van der Waals surface area contributed by atoms with E-state index in [9.17, 15) is 5.11 Å². The summed E-state index contributed by atoms with van der Waals surface area (Å²) in [5.74, 6) is 0. The van der Waals surface area contributed by atoms with Gasteiger partial charge in [-0.1, -0.05) is 18.2 Å². The number of nitrogens with zero attached hydrogens (tertiary/aromatic N) is 2. The van der Waals surface area contributed by atoms with Gasteiger partial charge in [-0.05, 0) is 32.0 Å². The third kappa shape index (κ3) is 1.92. The second-order valence-electron chi connectivity index (χ2n) is 3.97. The Morgan fingerprint density at radius 1 is 1.27 bits per heavy atom. The number of aromatic nitrogens is 2. The Kier molecular flexibility index (Phi) is 2.32. The summed E-state index contributed by atoms with van der Waals surface area (Å²) in [6.45, 7) is 3.47. The molecule has 0 aliphatic heterocycles. The van der Waals surface area contributed by atoms with Crippen molar-refractivity contribution in [2.45, 2.75) is 19.4 Å². The first-order valence-electron chi connectivity index (χ1n) is 4.83. The Balaban J connectivity index is 2.51. The van der Waals surface area contributed by atoms with Crippen LogP contribution in [0.15, 0.2) is 36.4 Å². The van der Waals surface area contributed by atoms with Gasteiger partial charge in [0.25, 0.3) is 0 Å². The highest BCUT2D eigenvalue weighted by molar-refractivity contribution is 5.33. The SMILES string of the molecule is CC(C)(O)c1c[c]nn1-c1ccccc1. The van der Waals surface area contributed by atoms with Crippen LogP contribution in [0.4, 0.5) is 0 Å². The van der Waals surface area contributed by atoms with Gasteiger partial charge in [0.05, 0.1) is 11.4 Å². The van der Waals surface area contributed by atoms with Gasteiger partial charge in [-0.2, -0.15) is 5.10 Å². The average molecular weight is 201 g/mol. The van der Waals surface area contributed by atoms with Crippen molar-refractivity contribution < 1.29 is 5.11 Å². The minimum Gasteiger partial charge on any atom is -0.384 e. The Bertz CT molecular complexity index is 440. The van der Waals surface area contributed by atoms with Crippen LogP contribution in [0.5, 0.6) is 0 Å². The zero-order valence-corrected chi connectivity index (χ0v) is 8.81. The lowest BCUT2D eigenvalue weighted by Gasteiger charge is -2.18. The maximum Gasteiger partial charge on any atom is 0.113 e. The molecule has 1 radical (unpaired) electrons. The largest absolute Gasteiger partial charge is 0.384 e. The average Bonchev–Trinajstić information content (AvgIpc) is 2.67. The summed E-state index contributed by atoms with van der Waals surface area (Å²) in [4.78, 5) is 0. The molecule has 0 aliphatic rings. The lowest BCUT2D eigenvalue weighted by atomic mass is 10.1. The summed E-state index contributed by atoms with van der Waals surface area (Å²) in [6, 6.07) is 11.4. The van der Waals surface area contributed by atoms with Gasteiger partial charge in [-0.15, -0.1) is 0 Å². The fourth-order valence-corrected chi connectivity index (χ4v) is 1.46. The molecule has 0 atom stereocenters. The van der Waals surface area contributed by atoms with Gasteiger partial charge >= 0.3 is 0 Å². The highest BCUT2D eigenvalue weighted by Crippen LogP contribution is 2.21. The highest BCUT2D eigenvalue weighted by atomic mass is 16.3. The van der Waals surface area contributed by atoms with E-state index in [4.69, 9.17) is 0 Å². The monoisotopic (exact) mass is 201 g/mol. The Morgan fingerprint density at radius 3 is 2.53 bits per heavy atom. The number of hydrogen-bond donors (Lipinski definition) is 1. The minimum atomic E-state index is -0.914. The zero-order chi connectivity index (χ0) is 10.9. The molecule has 0 fully saturated rings. The minimum absolute atomic E-state index is 0.730. The summed E-state index contributed by atoms with van der Waals surface area (Å²) in [6.07, 6.45) is 2.76. The maximum absolute atomic E-state index is 9.94. The summed E-state index contributed by atoms with van der Waals surface area (Å²) < 4.78 is 1.69. The van der Waals surface area contributed by atoms with Crippen LogP contribution >= 0.6 is 0 Å². The van der Waals surface area contributed by atoms with Crippen molar-refractivity contribution >= 4 is 0 Å². The number of rotatable bonds is 2. The van der Waals surface area contributed by atoms with Crippen LogP contribution < -0.4 is 0 Å². The van der Waals surface area contributed by atoms with Gasteiger partial charge in [-0.25, -0.2) is 4.68 Å². The van der Waals surface area contributed by atoms with E-state index in [-0.39, 0.29) is 0 Å². The Morgan fingerprint density at radius 2 is 1.93 bits per heavy atom. The topological polar surface area (TPSA) is 38.1 Å². The molecular formula is C12H13N2O. The summed E-state index contributed by atoms with van der Waals surface area (Å²) in [5.41, 5.74) is 0.743. The number of aliphatic hydroxyl groups is 1. The van der Waals surface area contributed by atoms with Crippen molar-refractivity contribution in [3.05, 3.63) is 48.3 Å². The van der Waals surface area contributed by atoms with Crippen LogP contribution in [0.1, 0.15) is 19.5 Å². The van der Waals surface area contributed by atoms with Crippen molar-refractivity contribution in [2.24, 2.45) is 0 Å². The molecule has 2 aromatic rings. The molecule has 1 N–H and O–H groups in total. The van der Waals surface area contributed by atoms with Gasteiger partial charge in [0.2, 0.25) is 0 Å². The van der Waals surface area contributed by atoms with Crippen LogP contribution in [0.3, 0.4) is 0 Å². The quantitative estimate of drug-likeness (QED) is 0.805. The van der Waals surface area contributed by atoms with E-state index in [0.717, 1.165) is 11.4 Å². The number of benzene rings is 1. The van der Waals surface area contributed by atoms with Gasteiger partial charge < -0.3 is 5.11 Å². The van der Waals surface area contributed by atoms with E-state index < -0.39 is 5.60 Å². The first kappa shape index (κ1) is 9.93. The van der Waals surface area contributed by atoms with Gasteiger partial charge in [-0.3, -0.25) is 0 Å². The molecule has 1 aromatic carbocycles. The molecule has 0 saturated carbocycles. The molecule has 0 unspecified atom stereocenters. The van der Waals surface area contributed by atoms with Crippen molar-refractivity contribution in [2.75, 3.05) is 0 Å². The highest BCUT2D eigenvalue weighted by Gasteiger charge is 2.21. The number of para-hydroxylation sites is 1. The molecule has 1 heterocycles. The molecule has 0 aliphatic carbocycles. The normalized spacial score (nSPS) is 11.7. The van der Waals surface area contributed by atoms with E-state index in [2.05, 4.69) is 11.3 Å². The van der Waals surface area contributed by atoms with Crippen LogP contribution in [0.25, 0.3) is 5.69 Å². The van der Waals surface area contributed by atoms with Gasteiger partial charge in [0.15, 0.2) is 0 Å². The standard InChI is InChI=1S/C12H13N2O/c1-12(2,15)11-8-9-13-14(11)10-6-4-3-5-7-10/h3-8,15H,1-2H3. The fourth-order valence-electron chi connectivity index (χ4n) is 1.46. The van der Waals surface area contributed by atoms with E-state index in [1.165, 1.54) is 0 Å². The predicted octanol–water partition coefficient (Wildman–Crippen LogP) is 1.90. The molecule has 3 nitrogen and oxygen atoms in total. The molecule has 0 saturated heterocycles. The first-order chi connectivity index (χ1) is 7.09. The van der Waals surface area contributed by atoms with Crippen LogP contribution in [-0.4, -0.2) is 14.9 Å². The summed E-state index contributed by atoms with van der Waals surface area (Å²) in [7, 11) is 0. The molecule has 77 valence electrons. The second kappa shape index (κ2) is 3.51. The first-order valence-corrected chi connectivity index (χ1v) is 4.83. The van der Waals surface area contributed by atoms with Gasteiger partial charge in [0, 0.05) is 0 Å². The van der Waals surface area contributed by atoms with Crippen molar-refractivity contribution in [1.29, 1.82) is 0 Å². The molecular weight excluding hydrogens is 188 g/mol. The van der Waals surface area contributed by atoms with E-state index in [1.807, 2.05) is 30.3 Å². The zero-order valence-electron chi connectivity index (χ0n) is 8.81. The van der Waals surface area contributed by atoms with E-state index in [0.29, 0.717) is 0 Å². The summed E-state index contributed by atoms with van der Waals surface area (Å²) >= 11 is 0. The predicted molar refractivity (Wildman–Crippen MR) is 57.6 cm³/mol. The molecule has 1 aromatic heterocycles. The Labute approximate surface area is 89.0 Å². The third-order valence-corrected chi connectivity index (χ3v) is 2.21. The third-order valence-electron chi connectivity index (χ3n) is 2.21. The fraction of sp³-hybridized carbons (Fsp3) is 0.250. The van der Waals surface area contributed by atoms with Crippen LogP contribution in [-0.2, 0) is 5.60 Å². The van der Waals surface area contributed by atoms with Crippen LogP contribution in [0.2, 0.25) is 0 Å². The Hall–Kier alpha value is -1.61. The molecule has 0 spiro atoms. The smallest absolute Gasteiger partial charge is 0.113 e. The lowest BCUT2D eigenvalue weighted by Crippen LogP contribution is -2.20. The van der Waals surface area contributed by atoms with Crippen molar-refractivity contribution in [1.82, 2.24) is 9.78 Å². The molecule has 3 heteroatoms. The number of hydrogen-bond acceptors (Lipinski definition) is 2. The van der Waals surface area contributed by atoms with E-state index >= 15 is 0 Å². The molecule has 0 amide bonds. The van der Waals surface area contributed by atoms with Gasteiger partial charge in [0.1, 0.15) is 11.8 Å².